The van der Waals surface area contributed by atoms with Crippen molar-refractivity contribution in [2.24, 2.45) is 0 Å². The van der Waals surface area contributed by atoms with Crippen molar-refractivity contribution in [3.8, 4) is 0 Å². The van der Waals surface area contributed by atoms with Gasteiger partial charge in [0.15, 0.2) is 5.78 Å². The van der Waals surface area contributed by atoms with Gasteiger partial charge >= 0.3 is 5.63 Å². The van der Waals surface area contributed by atoms with Crippen molar-refractivity contribution in [1.82, 2.24) is 4.74 Å². The minimum atomic E-state index is -0.362. The molecule has 16 heavy (non-hydrogen) atoms. The second-order valence-corrected chi connectivity index (χ2v) is 4.09. The van der Waals surface area contributed by atoms with Crippen LogP contribution in [0, 0.1) is 0 Å². The maximum Gasteiger partial charge on any atom is 0.365 e. The first kappa shape index (κ1) is 10.7. The number of benzene rings is 1. The summed E-state index contributed by atoms with van der Waals surface area (Å²) in [4.78, 5) is 22.8. The maximum absolute atomic E-state index is 11.5. The summed E-state index contributed by atoms with van der Waals surface area (Å²) in [6.45, 7) is 5.34. The second kappa shape index (κ2) is 3.63. The quantitative estimate of drug-likeness (QED) is 0.728. The van der Waals surface area contributed by atoms with Gasteiger partial charge < -0.3 is 4.52 Å². The predicted octanol–water partition coefficient (Wildman–Crippen LogP) is 2.38. The van der Waals surface area contributed by atoms with Gasteiger partial charge in [-0.3, -0.25) is 4.79 Å². The molecule has 0 fully saturated rings. The van der Waals surface area contributed by atoms with Gasteiger partial charge in [-0.2, -0.15) is 0 Å². The van der Waals surface area contributed by atoms with Crippen molar-refractivity contribution in [2.75, 3.05) is 0 Å². The summed E-state index contributed by atoms with van der Waals surface area (Å²) in [5.74, 6) is -0.0224. The van der Waals surface area contributed by atoms with Crippen LogP contribution in [0.2, 0.25) is 0 Å². The van der Waals surface area contributed by atoms with Crippen molar-refractivity contribution < 1.29 is 9.32 Å². The zero-order chi connectivity index (χ0) is 11.9. The highest BCUT2D eigenvalue weighted by Crippen LogP contribution is 2.18. The lowest BCUT2D eigenvalue weighted by atomic mass is 10.1. The number of fused-ring (bicyclic) bond motifs is 1. The average molecular weight is 219 g/mol. The molecule has 1 aromatic carbocycles. The second-order valence-electron chi connectivity index (χ2n) is 4.09. The molecule has 0 unspecified atom stereocenters. The van der Waals surface area contributed by atoms with Crippen LogP contribution in [0.5, 0.6) is 0 Å². The van der Waals surface area contributed by atoms with E-state index in [0.29, 0.717) is 16.5 Å². The predicted molar refractivity (Wildman–Crippen MR) is 60.9 cm³/mol. The Balaban J connectivity index is 2.79. The summed E-state index contributed by atoms with van der Waals surface area (Å²) in [6.07, 6.45) is 0. The Kier molecular flexibility index (Phi) is 2.42. The summed E-state index contributed by atoms with van der Waals surface area (Å²) in [5, 5.41) is 0.513. The zero-order valence-corrected chi connectivity index (χ0v) is 9.48. The molecule has 84 valence electrons. The molecule has 0 N–H and O–H groups in total. The van der Waals surface area contributed by atoms with Crippen molar-refractivity contribution >= 4 is 16.7 Å². The lowest BCUT2D eigenvalue weighted by molar-refractivity contribution is 0.101. The first-order valence-electron chi connectivity index (χ1n) is 5.17. The number of Topliss-reactive ketones (excluding diaryl/α,β-unsaturated/α-hetero) is 1. The molecule has 0 spiro atoms. The summed E-state index contributed by atoms with van der Waals surface area (Å²) in [5.41, 5.74) is 0.897. The van der Waals surface area contributed by atoms with Crippen molar-refractivity contribution in [3.63, 3.8) is 0 Å². The summed E-state index contributed by atoms with van der Waals surface area (Å²) in [7, 11) is 0. The molecule has 4 nitrogen and oxygen atoms in total. The van der Waals surface area contributed by atoms with E-state index >= 15 is 0 Å². The Hall–Kier alpha value is -1.84. The lowest BCUT2D eigenvalue weighted by Crippen LogP contribution is -2.00. The van der Waals surface area contributed by atoms with Crippen LogP contribution in [0.1, 0.15) is 37.2 Å². The summed E-state index contributed by atoms with van der Waals surface area (Å²) >= 11 is 0. The van der Waals surface area contributed by atoms with Crippen LogP contribution in [0.3, 0.4) is 0 Å². The number of ketones is 1. The number of hydrogen-bond acceptors (Lipinski definition) is 3. The van der Waals surface area contributed by atoms with E-state index < -0.39 is 0 Å². The molecular formula is C12H13NO3. The topological polar surface area (TPSA) is 52.2 Å². The van der Waals surface area contributed by atoms with Crippen LogP contribution < -0.4 is 5.63 Å². The van der Waals surface area contributed by atoms with Gasteiger partial charge in [0.2, 0.25) is 0 Å². The molecule has 0 bridgehead atoms. The minimum Gasteiger partial charge on any atom is -0.335 e. The van der Waals surface area contributed by atoms with Gasteiger partial charge in [0.05, 0.1) is 16.9 Å². The van der Waals surface area contributed by atoms with Gasteiger partial charge in [-0.1, -0.05) is 6.07 Å². The highest BCUT2D eigenvalue weighted by Gasteiger charge is 2.12. The van der Waals surface area contributed by atoms with Crippen LogP contribution >= 0.6 is 0 Å². The SMILES string of the molecule is CC(=O)c1ccc2c(=O)on(C(C)C)c2c1. The largest absolute Gasteiger partial charge is 0.365 e. The Bertz CT molecular complexity index is 604. The van der Waals surface area contributed by atoms with Crippen LogP contribution in [0.4, 0.5) is 0 Å². The Morgan fingerprint density at radius 2 is 2.06 bits per heavy atom. The molecule has 1 heterocycles. The van der Waals surface area contributed by atoms with Crippen LogP contribution in [0.25, 0.3) is 10.9 Å². The van der Waals surface area contributed by atoms with E-state index in [1.807, 2.05) is 13.8 Å². The molecule has 0 atom stereocenters. The molecule has 0 aliphatic heterocycles. The van der Waals surface area contributed by atoms with Gasteiger partial charge in [-0.25, -0.2) is 9.53 Å². The van der Waals surface area contributed by atoms with Crippen LogP contribution in [0.15, 0.2) is 27.5 Å². The number of carbonyl (C=O) groups excluding carboxylic acids is 1. The number of carbonyl (C=O) groups is 1. The van der Waals surface area contributed by atoms with Gasteiger partial charge in [-0.15, -0.1) is 0 Å². The van der Waals surface area contributed by atoms with E-state index in [1.165, 1.54) is 11.7 Å². The van der Waals surface area contributed by atoms with Gasteiger partial charge in [0, 0.05) is 5.56 Å². The third kappa shape index (κ3) is 1.56. The van der Waals surface area contributed by atoms with Gasteiger partial charge in [0.1, 0.15) is 0 Å². The average Bonchev–Trinajstić information content (AvgIpc) is 2.56. The van der Waals surface area contributed by atoms with Gasteiger partial charge in [0.25, 0.3) is 0 Å². The fraction of sp³-hybridized carbons (Fsp3) is 0.333. The molecule has 2 rings (SSSR count). The third-order valence-corrected chi connectivity index (χ3v) is 2.51. The van der Waals surface area contributed by atoms with Crippen LogP contribution in [-0.2, 0) is 0 Å². The lowest BCUT2D eigenvalue weighted by Gasteiger charge is -2.05. The van der Waals surface area contributed by atoms with E-state index in [4.69, 9.17) is 4.52 Å². The molecule has 0 saturated heterocycles. The van der Waals surface area contributed by atoms with E-state index in [9.17, 15) is 9.59 Å². The third-order valence-electron chi connectivity index (χ3n) is 2.51. The van der Waals surface area contributed by atoms with E-state index in [-0.39, 0.29) is 17.5 Å². The van der Waals surface area contributed by atoms with E-state index in [2.05, 4.69) is 0 Å². The summed E-state index contributed by atoms with van der Waals surface area (Å²) < 4.78 is 6.64. The van der Waals surface area contributed by atoms with Crippen molar-refractivity contribution in [2.45, 2.75) is 26.8 Å². The minimum absolute atomic E-state index is 0.0224. The molecule has 2 aromatic rings. The zero-order valence-electron chi connectivity index (χ0n) is 9.48. The van der Waals surface area contributed by atoms with E-state index in [0.717, 1.165) is 0 Å². The van der Waals surface area contributed by atoms with E-state index in [1.54, 1.807) is 18.2 Å². The first-order valence-corrected chi connectivity index (χ1v) is 5.17. The Morgan fingerprint density at radius 1 is 1.38 bits per heavy atom. The first-order chi connectivity index (χ1) is 7.50. The molecular weight excluding hydrogens is 206 g/mol. The summed E-state index contributed by atoms with van der Waals surface area (Å²) in [6, 6.07) is 5.03. The van der Waals surface area contributed by atoms with Gasteiger partial charge in [-0.05, 0) is 32.9 Å². The highest BCUT2D eigenvalue weighted by molar-refractivity contribution is 5.97. The number of aromatic nitrogens is 1. The molecule has 0 aliphatic carbocycles. The Morgan fingerprint density at radius 3 is 2.62 bits per heavy atom. The number of nitrogens with zero attached hydrogens (tertiary/aromatic N) is 1. The number of rotatable bonds is 2. The molecule has 0 aliphatic rings. The smallest absolute Gasteiger partial charge is 0.335 e. The normalized spacial score (nSPS) is 11.2. The maximum atomic E-state index is 11.5. The van der Waals surface area contributed by atoms with Crippen molar-refractivity contribution in [1.29, 1.82) is 0 Å². The fourth-order valence-electron chi connectivity index (χ4n) is 1.68. The molecule has 0 amide bonds. The molecule has 0 radical (unpaired) electrons. The molecule has 1 aromatic heterocycles. The number of hydrogen-bond donors (Lipinski definition) is 0. The standard InChI is InChI=1S/C12H13NO3/c1-7(2)13-11-6-9(8(3)14)4-5-10(11)12(15)16-13/h4-7H,1-3H3. The molecule has 4 heteroatoms. The fourth-order valence-corrected chi connectivity index (χ4v) is 1.68. The molecule has 0 saturated carbocycles. The van der Waals surface area contributed by atoms with Crippen molar-refractivity contribution in [3.05, 3.63) is 34.2 Å². The monoisotopic (exact) mass is 219 g/mol. The highest BCUT2D eigenvalue weighted by atomic mass is 16.5. The Labute approximate surface area is 92.4 Å². The van der Waals surface area contributed by atoms with Crippen LogP contribution in [-0.4, -0.2) is 10.5 Å².